The van der Waals surface area contributed by atoms with Crippen molar-refractivity contribution in [2.75, 3.05) is 52.8 Å². The molecular weight excluding hydrogens is 394 g/mol. The SMILES string of the molecule is COc1cc(NC(=O)c2cccc(S(=O)(=O)N3CC[NH+](C)CC3)c2)cc(OC)c1. The summed E-state index contributed by atoms with van der Waals surface area (Å²) >= 11 is 0. The first kappa shape index (κ1) is 21.1. The lowest BCUT2D eigenvalue weighted by molar-refractivity contribution is -0.883. The highest BCUT2D eigenvalue weighted by atomic mass is 32.2. The van der Waals surface area contributed by atoms with Crippen molar-refractivity contribution in [3.63, 3.8) is 0 Å². The highest BCUT2D eigenvalue weighted by Crippen LogP contribution is 2.26. The molecule has 0 aliphatic carbocycles. The van der Waals surface area contributed by atoms with Crippen LogP contribution in [0.4, 0.5) is 5.69 Å². The molecule has 156 valence electrons. The number of rotatable bonds is 6. The average Bonchev–Trinajstić information content (AvgIpc) is 2.73. The Morgan fingerprint density at radius 3 is 2.24 bits per heavy atom. The molecule has 8 nitrogen and oxygen atoms in total. The predicted octanol–water partition coefficient (Wildman–Crippen LogP) is 0.475. The summed E-state index contributed by atoms with van der Waals surface area (Å²) in [6.07, 6.45) is 0. The van der Waals surface area contributed by atoms with Crippen molar-refractivity contribution in [2.24, 2.45) is 0 Å². The Labute approximate surface area is 171 Å². The lowest BCUT2D eigenvalue weighted by atomic mass is 10.2. The molecule has 0 unspecified atom stereocenters. The lowest BCUT2D eigenvalue weighted by Crippen LogP contribution is -3.12. The van der Waals surface area contributed by atoms with E-state index in [0.29, 0.717) is 30.3 Å². The number of carbonyl (C=O) groups is 1. The topological polar surface area (TPSA) is 89.4 Å². The maximum atomic E-state index is 12.9. The lowest BCUT2D eigenvalue weighted by Gasteiger charge is -2.29. The van der Waals surface area contributed by atoms with Crippen molar-refractivity contribution in [3.8, 4) is 11.5 Å². The maximum Gasteiger partial charge on any atom is 0.255 e. The summed E-state index contributed by atoms with van der Waals surface area (Å²) in [5, 5.41) is 2.76. The van der Waals surface area contributed by atoms with E-state index in [1.165, 1.54) is 35.6 Å². The molecule has 1 aliphatic rings. The van der Waals surface area contributed by atoms with Gasteiger partial charge >= 0.3 is 0 Å². The van der Waals surface area contributed by atoms with Gasteiger partial charge in [-0.25, -0.2) is 8.42 Å². The fraction of sp³-hybridized carbons (Fsp3) is 0.350. The Hall–Kier alpha value is -2.62. The molecule has 0 atom stereocenters. The summed E-state index contributed by atoms with van der Waals surface area (Å²) in [5.41, 5.74) is 0.745. The minimum atomic E-state index is -3.64. The minimum absolute atomic E-state index is 0.118. The summed E-state index contributed by atoms with van der Waals surface area (Å²) < 4.78 is 37.8. The van der Waals surface area contributed by atoms with Gasteiger partial charge in [-0.3, -0.25) is 4.79 Å². The van der Waals surface area contributed by atoms with E-state index >= 15 is 0 Å². The number of piperazine rings is 1. The molecule has 29 heavy (non-hydrogen) atoms. The van der Waals surface area contributed by atoms with Crippen LogP contribution in [0.25, 0.3) is 0 Å². The Morgan fingerprint density at radius 1 is 1.03 bits per heavy atom. The molecule has 1 heterocycles. The molecule has 9 heteroatoms. The van der Waals surface area contributed by atoms with E-state index in [4.69, 9.17) is 9.47 Å². The number of hydrogen-bond donors (Lipinski definition) is 2. The van der Waals surface area contributed by atoms with Gasteiger partial charge in [-0.2, -0.15) is 4.31 Å². The zero-order valence-electron chi connectivity index (χ0n) is 16.8. The smallest absolute Gasteiger partial charge is 0.255 e. The van der Waals surface area contributed by atoms with Crippen molar-refractivity contribution < 1.29 is 27.6 Å². The van der Waals surface area contributed by atoms with Crippen LogP contribution in [0, 0.1) is 0 Å². The van der Waals surface area contributed by atoms with Crippen molar-refractivity contribution in [2.45, 2.75) is 4.90 Å². The average molecular weight is 421 g/mol. The van der Waals surface area contributed by atoms with Gasteiger partial charge in [-0.1, -0.05) is 6.07 Å². The number of anilines is 1. The molecule has 0 saturated carbocycles. The number of nitrogens with one attached hydrogen (secondary N) is 2. The first-order valence-electron chi connectivity index (χ1n) is 9.29. The molecule has 2 aromatic carbocycles. The quantitative estimate of drug-likeness (QED) is 0.710. The van der Waals surface area contributed by atoms with Crippen LogP contribution in [0.15, 0.2) is 47.4 Å². The molecule has 0 radical (unpaired) electrons. The van der Waals surface area contributed by atoms with Crippen molar-refractivity contribution in [3.05, 3.63) is 48.0 Å². The monoisotopic (exact) mass is 420 g/mol. The van der Waals surface area contributed by atoms with Crippen LogP contribution in [0.5, 0.6) is 11.5 Å². The van der Waals surface area contributed by atoms with Gasteiger partial charge in [0.2, 0.25) is 10.0 Å². The number of sulfonamides is 1. The molecular formula is C20H26N3O5S+. The van der Waals surface area contributed by atoms with Crippen LogP contribution in [-0.2, 0) is 10.0 Å². The standard InChI is InChI=1S/C20H25N3O5S/c1-22-7-9-23(10-8-22)29(25,26)19-6-4-5-15(11-19)20(24)21-16-12-17(27-2)14-18(13-16)28-3/h4-6,11-14H,7-10H2,1-3H3,(H,21,24)/p+1. The van der Waals surface area contributed by atoms with Gasteiger partial charge < -0.3 is 19.7 Å². The van der Waals surface area contributed by atoms with E-state index in [1.54, 1.807) is 30.3 Å². The minimum Gasteiger partial charge on any atom is -0.497 e. The largest absolute Gasteiger partial charge is 0.497 e. The third-order valence-electron chi connectivity index (χ3n) is 4.92. The van der Waals surface area contributed by atoms with Gasteiger partial charge in [0.05, 0.1) is 52.3 Å². The maximum absolute atomic E-state index is 12.9. The van der Waals surface area contributed by atoms with Crippen LogP contribution >= 0.6 is 0 Å². The van der Waals surface area contributed by atoms with Crippen molar-refractivity contribution in [1.29, 1.82) is 0 Å². The van der Waals surface area contributed by atoms with E-state index in [1.807, 2.05) is 7.05 Å². The second-order valence-electron chi connectivity index (χ2n) is 6.94. The zero-order valence-corrected chi connectivity index (χ0v) is 17.6. The second-order valence-corrected chi connectivity index (χ2v) is 8.88. The number of quaternary nitrogens is 1. The van der Waals surface area contributed by atoms with Gasteiger partial charge in [0.1, 0.15) is 11.5 Å². The van der Waals surface area contributed by atoms with Gasteiger partial charge in [0, 0.05) is 29.4 Å². The van der Waals surface area contributed by atoms with Crippen LogP contribution in [0.1, 0.15) is 10.4 Å². The van der Waals surface area contributed by atoms with Gasteiger partial charge in [-0.05, 0) is 18.2 Å². The zero-order chi connectivity index (χ0) is 21.0. The third-order valence-corrected chi connectivity index (χ3v) is 6.81. The first-order chi connectivity index (χ1) is 13.8. The van der Waals surface area contributed by atoms with E-state index in [2.05, 4.69) is 5.32 Å². The van der Waals surface area contributed by atoms with Crippen LogP contribution < -0.4 is 19.7 Å². The van der Waals surface area contributed by atoms with Gasteiger partial charge in [-0.15, -0.1) is 0 Å². The fourth-order valence-electron chi connectivity index (χ4n) is 3.14. The first-order valence-corrected chi connectivity index (χ1v) is 10.7. The molecule has 2 N–H and O–H groups in total. The molecule has 0 bridgehead atoms. The number of likely N-dealkylation sites (N-methyl/N-ethyl adjacent to an activating group) is 1. The molecule has 0 spiro atoms. The number of ether oxygens (including phenoxy) is 2. The molecule has 0 aromatic heterocycles. The number of nitrogens with zero attached hydrogens (tertiary/aromatic N) is 1. The number of benzene rings is 2. The molecule has 1 fully saturated rings. The fourth-order valence-corrected chi connectivity index (χ4v) is 4.63. The predicted molar refractivity (Wildman–Crippen MR) is 109 cm³/mol. The summed E-state index contributed by atoms with van der Waals surface area (Å²) in [5.74, 6) is 0.654. The van der Waals surface area contributed by atoms with Crippen LogP contribution in [0.3, 0.4) is 0 Å². The molecule has 3 rings (SSSR count). The van der Waals surface area contributed by atoms with E-state index in [-0.39, 0.29) is 10.5 Å². The Morgan fingerprint density at radius 2 is 1.66 bits per heavy atom. The molecule has 1 amide bonds. The number of amides is 1. The van der Waals surface area contributed by atoms with E-state index in [9.17, 15) is 13.2 Å². The Bertz CT molecular complexity index is 963. The highest BCUT2D eigenvalue weighted by molar-refractivity contribution is 7.89. The van der Waals surface area contributed by atoms with Crippen LogP contribution in [0.2, 0.25) is 0 Å². The summed E-state index contributed by atoms with van der Waals surface area (Å²) in [4.78, 5) is 14.1. The Kier molecular flexibility index (Phi) is 6.41. The van der Waals surface area contributed by atoms with Crippen LogP contribution in [-0.4, -0.2) is 66.1 Å². The Balaban J connectivity index is 1.81. The van der Waals surface area contributed by atoms with Gasteiger partial charge in [0.15, 0.2) is 0 Å². The van der Waals surface area contributed by atoms with Crippen molar-refractivity contribution >= 4 is 21.6 Å². The highest BCUT2D eigenvalue weighted by Gasteiger charge is 2.29. The molecule has 1 aliphatic heterocycles. The normalized spacial score (nSPS) is 15.7. The van der Waals surface area contributed by atoms with Gasteiger partial charge in [0.25, 0.3) is 5.91 Å². The third kappa shape index (κ3) is 4.87. The summed E-state index contributed by atoms with van der Waals surface area (Å²) in [6, 6.07) is 11.1. The summed E-state index contributed by atoms with van der Waals surface area (Å²) in [7, 11) is 1.45. The number of hydrogen-bond acceptors (Lipinski definition) is 5. The van der Waals surface area contributed by atoms with E-state index in [0.717, 1.165) is 13.1 Å². The summed E-state index contributed by atoms with van der Waals surface area (Å²) in [6.45, 7) is 2.45. The molecule has 2 aromatic rings. The van der Waals surface area contributed by atoms with E-state index < -0.39 is 15.9 Å². The number of methoxy groups -OCH3 is 2. The van der Waals surface area contributed by atoms with Crippen molar-refractivity contribution in [1.82, 2.24) is 4.31 Å². The number of carbonyl (C=O) groups excluding carboxylic acids is 1. The molecule has 1 saturated heterocycles. The second kappa shape index (κ2) is 8.81.